The van der Waals surface area contributed by atoms with E-state index in [1.54, 1.807) is 31.2 Å². The summed E-state index contributed by atoms with van der Waals surface area (Å²) in [4.78, 5) is 29.2. The number of methoxy groups -OCH3 is 1. The van der Waals surface area contributed by atoms with Gasteiger partial charge in [-0.25, -0.2) is 4.79 Å². The second-order valence-corrected chi connectivity index (χ2v) is 6.33. The number of carbonyl (C=O) groups excluding carboxylic acids is 2. The lowest BCUT2D eigenvalue weighted by molar-refractivity contribution is -0.120. The van der Waals surface area contributed by atoms with E-state index in [1.165, 1.54) is 7.11 Å². The van der Waals surface area contributed by atoms with E-state index in [1.807, 2.05) is 0 Å². The molecule has 1 amide bonds. The number of likely N-dealkylation sites (tertiary alicyclic amines) is 1. The van der Waals surface area contributed by atoms with Gasteiger partial charge in [-0.15, -0.1) is 0 Å². The summed E-state index contributed by atoms with van der Waals surface area (Å²) < 4.78 is 10.0. The smallest absolute Gasteiger partial charge is 0.337 e. The highest BCUT2D eigenvalue weighted by atomic mass is 16.5. The maximum atomic E-state index is 11.5. The van der Waals surface area contributed by atoms with Gasteiger partial charge in [-0.05, 0) is 25.0 Å². The molecular formula is C18H22N4O4. The van der Waals surface area contributed by atoms with E-state index in [-0.39, 0.29) is 17.9 Å². The van der Waals surface area contributed by atoms with Gasteiger partial charge in [0.2, 0.25) is 17.6 Å². The summed E-state index contributed by atoms with van der Waals surface area (Å²) in [6.07, 6.45) is 1.82. The van der Waals surface area contributed by atoms with Crippen LogP contribution in [0.5, 0.6) is 0 Å². The van der Waals surface area contributed by atoms with Gasteiger partial charge < -0.3 is 14.6 Å². The van der Waals surface area contributed by atoms with Crippen LogP contribution in [0.25, 0.3) is 11.4 Å². The first kappa shape index (κ1) is 18.1. The fourth-order valence-electron chi connectivity index (χ4n) is 3.02. The Balaban J connectivity index is 1.57. The number of ether oxygens (including phenoxy) is 1. The fourth-order valence-corrected chi connectivity index (χ4v) is 3.02. The second kappa shape index (κ2) is 8.09. The molecule has 2 heterocycles. The number of hydrogen-bond donors (Lipinski definition) is 1. The van der Waals surface area contributed by atoms with Crippen molar-refractivity contribution in [3.05, 3.63) is 35.7 Å². The zero-order valence-electron chi connectivity index (χ0n) is 14.9. The number of benzene rings is 1. The van der Waals surface area contributed by atoms with Gasteiger partial charge in [0, 0.05) is 31.6 Å². The molecule has 1 aromatic carbocycles. The molecule has 138 valence electrons. The summed E-state index contributed by atoms with van der Waals surface area (Å²) in [5.41, 5.74) is 1.25. The summed E-state index contributed by atoms with van der Waals surface area (Å²) in [6, 6.07) is 7.11. The summed E-state index contributed by atoms with van der Waals surface area (Å²) in [6.45, 7) is 3.87. The molecule has 1 aromatic heterocycles. The van der Waals surface area contributed by atoms with Gasteiger partial charge in [-0.2, -0.15) is 4.98 Å². The van der Waals surface area contributed by atoms with Crippen LogP contribution in [-0.2, 0) is 16.1 Å². The first-order valence-electron chi connectivity index (χ1n) is 8.56. The van der Waals surface area contributed by atoms with Gasteiger partial charge in [0.05, 0.1) is 19.2 Å². The third kappa shape index (κ3) is 4.45. The van der Waals surface area contributed by atoms with Crippen LogP contribution in [0.3, 0.4) is 0 Å². The van der Waals surface area contributed by atoms with Crippen molar-refractivity contribution in [1.29, 1.82) is 0 Å². The Morgan fingerprint density at radius 3 is 2.58 bits per heavy atom. The van der Waals surface area contributed by atoms with E-state index in [0.29, 0.717) is 23.8 Å². The van der Waals surface area contributed by atoms with Crippen molar-refractivity contribution in [2.45, 2.75) is 32.4 Å². The maximum Gasteiger partial charge on any atom is 0.337 e. The molecule has 1 saturated heterocycles. The summed E-state index contributed by atoms with van der Waals surface area (Å²) >= 11 is 0. The van der Waals surface area contributed by atoms with E-state index < -0.39 is 0 Å². The molecule has 1 fully saturated rings. The second-order valence-electron chi connectivity index (χ2n) is 6.33. The van der Waals surface area contributed by atoms with E-state index >= 15 is 0 Å². The highest BCUT2D eigenvalue weighted by Gasteiger charge is 2.21. The lowest BCUT2D eigenvalue weighted by Crippen LogP contribution is -2.43. The average Bonchev–Trinajstić information content (AvgIpc) is 3.11. The van der Waals surface area contributed by atoms with Crippen molar-refractivity contribution in [3.63, 3.8) is 0 Å². The number of rotatable bonds is 5. The molecule has 1 N–H and O–H groups in total. The van der Waals surface area contributed by atoms with Gasteiger partial charge in [0.25, 0.3) is 0 Å². The Morgan fingerprint density at radius 2 is 1.96 bits per heavy atom. The lowest BCUT2D eigenvalue weighted by atomic mass is 10.1. The van der Waals surface area contributed by atoms with E-state index in [2.05, 4.69) is 25.1 Å². The lowest BCUT2D eigenvalue weighted by Gasteiger charge is -2.31. The van der Waals surface area contributed by atoms with Crippen molar-refractivity contribution in [1.82, 2.24) is 20.4 Å². The largest absolute Gasteiger partial charge is 0.465 e. The minimum Gasteiger partial charge on any atom is -0.465 e. The summed E-state index contributed by atoms with van der Waals surface area (Å²) in [5.74, 6) is 0.677. The number of esters is 1. The Morgan fingerprint density at radius 1 is 1.27 bits per heavy atom. The molecule has 0 aliphatic carbocycles. The van der Waals surface area contributed by atoms with Crippen LogP contribution in [0, 0.1) is 0 Å². The quantitative estimate of drug-likeness (QED) is 0.811. The molecule has 0 radical (unpaired) electrons. The monoisotopic (exact) mass is 358 g/mol. The van der Waals surface area contributed by atoms with Gasteiger partial charge in [-0.3, -0.25) is 9.69 Å². The zero-order valence-corrected chi connectivity index (χ0v) is 14.9. The van der Waals surface area contributed by atoms with Gasteiger partial charge in [0.1, 0.15) is 0 Å². The van der Waals surface area contributed by atoms with Crippen molar-refractivity contribution < 1.29 is 18.8 Å². The van der Waals surface area contributed by atoms with Crippen LogP contribution in [0.15, 0.2) is 28.8 Å². The Bertz CT molecular complexity index is 764. The molecule has 1 aliphatic rings. The maximum absolute atomic E-state index is 11.5. The predicted molar refractivity (Wildman–Crippen MR) is 93.2 cm³/mol. The van der Waals surface area contributed by atoms with Crippen LogP contribution < -0.4 is 5.32 Å². The third-order valence-corrected chi connectivity index (χ3v) is 4.39. The van der Waals surface area contributed by atoms with Crippen LogP contribution in [0.4, 0.5) is 0 Å². The van der Waals surface area contributed by atoms with Crippen LogP contribution in [0.2, 0.25) is 0 Å². The molecule has 8 heteroatoms. The zero-order chi connectivity index (χ0) is 18.5. The first-order chi connectivity index (χ1) is 12.5. The number of nitrogens with one attached hydrogen (secondary N) is 1. The molecular weight excluding hydrogens is 336 g/mol. The highest BCUT2D eigenvalue weighted by molar-refractivity contribution is 5.89. The minimum absolute atomic E-state index is 0.0169. The van der Waals surface area contributed by atoms with E-state index in [4.69, 9.17) is 4.52 Å². The number of hydrogen-bond acceptors (Lipinski definition) is 7. The molecule has 8 nitrogen and oxygen atoms in total. The van der Waals surface area contributed by atoms with Crippen molar-refractivity contribution in [2.24, 2.45) is 0 Å². The molecule has 0 saturated carbocycles. The van der Waals surface area contributed by atoms with E-state index in [0.717, 1.165) is 31.5 Å². The summed E-state index contributed by atoms with van der Waals surface area (Å²) in [5, 5.41) is 6.97. The topological polar surface area (TPSA) is 97.6 Å². The molecule has 0 unspecified atom stereocenters. The molecule has 0 spiro atoms. The highest BCUT2D eigenvalue weighted by Crippen LogP contribution is 2.19. The Labute approximate surface area is 151 Å². The van der Waals surface area contributed by atoms with Crippen LogP contribution in [-0.4, -0.2) is 53.2 Å². The normalized spacial score (nSPS) is 15.6. The standard InChI is InChI=1S/C18H22N4O4/c1-12(23)19-15-7-9-22(10-8-15)11-16-20-17(21-26-16)13-3-5-14(6-4-13)18(24)25-2/h3-6,15H,7-11H2,1-2H3,(H,19,23). The fraction of sp³-hybridized carbons (Fsp3) is 0.444. The van der Waals surface area contributed by atoms with E-state index in [9.17, 15) is 9.59 Å². The number of aromatic nitrogens is 2. The number of amides is 1. The van der Waals surface area contributed by atoms with Crippen LogP contribution in [0.1, 0.15) is 36.0 Å². The average molecular weight is 358 g/mol. The number of nitrogens with zero attached hydrogens (tertiary/aromatic N) is 3. The molecule has 26 heavy (non-hydrogen) atoms. The van der Waals surface area contributed by atoms with Gasteiger partial charge in [-0.1, -0.05) is 17.3 Å². The minimum atomic E-state index is -0.381. The van der Waals surface area contributed by atoms with Crippen molar-refractivity contribution in [2.75, 3.05) is 20.2 Å². The van der Waals surface area contributed by atoms with Gasteiger partial charge >= 0.3 is 5.97 Å². The molecule has 2 aromatic rings. The van der Waals surface area contributed by atoms with Crippen molar-refractivity contribution in [3.8, 4) is 11.4 Å². The number of carbonyl (C=O) groups is 2. The summed E-state index contributed by atoms with van der Waals surface area (Å²) in [7, 11) is 1.35. The number of piperidine rings is 1. The molecule has 1 aliphatic heterocycles. The molecule has 0 atom stereocenters. The van der Waals surface area contributed by atoms with Crippen LogP contribution >= 0.6 is 0 Å². The Hall–Kier alpha value is -2.74. The Kier molecular flexibility index (Phi) is 5.62. The molecule has 0 bridgehead atoms. The van der Waals surface area contributed by atoms with Gasteiger partial charge in [0.15, 0.2) is 0 Å². The molecule has 3 rings (SSSR count). The third-order valence-electron chi connectivity index (χ3n) is 4.39. The SMILES string of the molecule is COC(=O)c1ccc(-c2noc(CN3CCC(NC(C)=O)CC3)n2)cc1. The predicted octanol–water partition coefficient (Wildman–Crippen LogP) is 1.62. The van der Waals surface area contributed by atoms with Crippen molar-refractivity contribution >= 4 is 11.9 Å². The first-order valence-corrected chi connectivity index (χ1v) is 8.56.